The van der Waals surface area contributed by atoms with Crippen LogP contribution in [-0.2, 0) is 7.05 Å². The second kappa shape index (κ2) is 7.70. The van der Waals surface area contributed by atoms with Crippen molar-refractivity contribution in [3.63, 3.8) is 0 Å². The highest BCUT2D eigenvalue weighted by Crippen LogP contribution is 2.37. The van der Waals surface area contributed by atoms with Crippen molar-refractivity contribution in [3.8, 4) is 11.5 Å². The molecular formula is C17H22BrN3O3. The lowest BCUT2D eigenvalue weighted by Crippen LogP contribution is -2.14. The maximum Gasteiger partial charge on any atom is 0.255 e. The third-order valence-electron chi connectivity index (χ3n) is 3.69. The van der Waals surface area contributed by atoms with Gasteiger partial charge in [0.1, 0.15) is 0 Å². The van der Waals surface area contributed by atoms with Crippen LogP contribution in [0.2, 0.25) is 0 Å². The van der Waals surface area contributed by atoms with Gasteiger partial charge in [0.25, 0.3) is 5.91 Å². The van der Waals surface area contributed by atoms with Crippen LogP contribution < -0.4 is 14.8 Å². The van der Waals surface area contributed by atoms with Crippen LogP contribution in [0.3, 0.4) is 0 Å². The van der Waals surface area contributed by atoms with Gasteiger partial charge in [0, 0.05) is 12.6 Å². The van der Waals surface area contributed by atoms with E-state index in [9.17, 15) is 4.79 Å². The van der Waals surface area contributed by atoms with Crippen molar-refractivity contribution in [1.29, 1.82) is 0 Å². The molecule has 1 aromatic heterocycles. The highest BCUT2D eigenvalue weighted by atomic mass is 79.9. The zero-order chi connectivity index (χ0) is 17.9. The summed E-state index contributed by atoms with van der Waals surface area (Å²) in [5.41, 5.74) is 2.88. The third kappa shape index (κ3) is 3.72. The molecule has 6 nitrogen and oxygen atoms in total. The number of hydrogen-bond acceptors (Lipinski definition) is 4. The number of carbonyl (C=O) groups excluding carboxylic acids is 1. The molecule has 0 fully saturated rings. The zero-order valence-corrected chi connectivity index (χ0v) is 16.2. The van der Waals surface area contributed by atoms with Crippen LogP contribution in [0.1, 0.15) is 35.1 Å². The fourth-order valence-electron chi connectivity index (χ4n) is 2.34. The number of benzene rings is 1. The predicted octanol–water partition coefficient (Wildman–Crippen LogP) is 3.85. The molecule has 2 aromatic rings. The van der Waals surface area contributed by atoms with Gasteiger partial charge in [0.15, 0.2) is 11.5 Å². The summed E-state index contributed by atoms with van der Waals surface area (Å²) in [6.07, 6.45) is 0.886. The normalized spacial score (nSPS) is 10.6. The summed E-state index contributed by atoms with van der Waals surface area (Å²) >= 11 is 3.45. The number of amides is 1. The molecule has 1 amide bonds. The average Bonchev–Trinajstić information content (AvgIpc) is 2.79. The minimum absolute atomic E-state index is 0.227. The Labute approximate surface area is 150 Å². The molecule has 0 atom stereocenters. The lowest BCUT2D eigenvalue weighted by atomic mass is 10.1. The number of aromatic nitrogens is 2. The monoisotopic (exact) mass is 395 g/mol. The SMILES string of the molecule is CCCOc1c(Br)cc(C(=O)Nc2c(C)nn(C)c2C)cc1OC. The number of methoxy groups -OCH3 is 1. The maximum atomic E-state index is 12.6. The summed E-state index contributed by atoms with van der Waals surface area (Å²) < 4.78 is 13.5. The van der Waals surface area contributed by atoms with E-state index in [1.807, 2.05) is 27.8 Å². The molecule has 1 heterocycles. The van der Waals surface area contributed by atoms with E-state index in [-0.39, 0.29) is 5.91 Å². The van der Waals surface area contributed by atoms with E-state index in [0.29, 0.717) is 28.1 Å². The standard InChI is InChI=1S/C17H22BrN3O3/c1-6-7-24-16-13(18)8-12(9-14(16)23-5)17(22)19-15-10(2)20-21(4)11(15)3/h8-9H,6-7H2,1-5H3,(H,19,22). The van der Waals surface area contributed by atoms with Gasteiger partial charge >= 0.3 is 0 Å². The highest BCUT2D eigenvalue weighted by molar-refractivity contribution is 9.10. The molecule has 0 bridgehead atoms. The topological polar surface area (TPSA) is 65.4 Å². The molecule has 0 saturated heterocycles. The van der Waals surface area contributed by atoms with Crippen LogP contribution >= 0.6 is 15.9 Å². The molecule has 0 spiro atoms. The second-order valence-corrected chi connectivity index (χ2v) is 6.32. The fraction of sp³-hybridized carbons (Fsp3) is 0.412. The quantitative estimate of drug-likeness (QED) is 0.806. The van der Waals surface area contributed by atoms with Gasteiger partial charge in [-0.3, -0.25) is 9.48 Å². The summed E-state index contributed by atoms with van der Waals surface area (Å²) in [4.78, 5) is 12.6. The molecule has 0 saturated carbocycles. The molecule has 0 aliphatic heterocycles. The highest BCUT2D eigenvalue weighted by Gasteiger charge is 2.18. The minimum atomic E-state index is -0.227. The third-order valence-corrected chi connectivity index (χ3v) is 4.28. The number of nitrogens with one attached hydrogen (secondary N) is 1. The van der Waals surface area contributed by atoms with Crippen LogP contribution in [0.4, 0.5) is 5.69 Å². The van der Waals surface area contributed by atoms with Gasteiger partial charge in [0.2, 0.25) is 0 Å². The van der Waals surface area contributed by atoms with Crippen LogP contribution in [0.5, 0.6) is 11.5 Å². The van der Waals surface area contributed by atoms with Crippen LogP contribution in [-0.4, -0.2) is 29.4 Å². The van der Waals surface area contributed by atoms with Crippen molar-refractivity contribution in [3.05, 3.63) is 33.6 Å². The Kier molecular flexibility index (Phi) is 5.88. The number of ether oxygens (including phenoxy) is 2. The second-order valence-electron chi connectivity index (χ2n) is 5.46. The van der Waals surface area contributed by atoms with Crippen LogP contribution in [0.25, 0.3) is 0 Å². The van der Waals surface area contributed by atoms with E-state index >= 15 is 0 Å². The van der Waals surface area contributed by atoms with E-state index in [4.69, 9.17) is 9.47 Å². The van der Waals surface area contributed by atoms with Gasteiger partial charge in [-0.25, -0.2) is 0 Å². The number of nitrogens with zero attached hydrogens (tertiary/aromatic N) is 2. The van der Waals surface area contributed by atoms with E-state index in [2.05, 4.69) is 26.3 Å². The first-order valence-corrected chi connectivity index (χ1v) is 8.50. The van der Waals surface area contributed by atoms with Crippen molar-refractivity contribution < 1.29 is 14.3 Å². The Hall–Kier alpha value is -2.02. The summed E-state index contributed by atoms with van der Waals surface area (Å²) in [5, 5.41) is 7.22. The Morgan fingerprint density at radius 1 is 1.38 bits per heavy atom. The molecule has 0 aliphatic carbocycles. The molecule has 1 aromatic carbocycles. The molecule has 0 radical (unpaired) electrons. The average molecular weight is 396 g/mol. The van der Waals surface area contributed by atoms with E-state index in [0.717, 1.165) is 23.5 Å². The van der Waals surface area contributed by atoms with Crippen molar-refractivity contribution >= 4 is 27.5 Å². The van der Waals surface area contributed by atoms with Crippen LogP contribution in [0.15, 0.2) is 16.6 Å². The zero-order valence-electron chi connectivity index (χ0n) is 14.6. The van der Waals surface area contributed by atoms with Crippen molar-refractivity contribution in [1.82, 2.24) is 9.78 Å². The molecular weight excluding hydrogens is 374 g/mol. The molecule has 7 heteroatoms. The Morgan fingerprint density at radius 3 is 2.62 bits per heavy atom. The van der Waals surface area contributed by atoms with Gasteiger partial charge in [-0.15, -0.1) is 0 Å². The van der Waals surface area contributed by atoms with Crippen molar-refractivity contribution in [2.75, 3.05) is 19.0 Å². The molecule has 24 heavy (non-hydrogen) atoms. The minimum Gasteiger partial charge on any atom is -0.493 e. The van der Waals surface area contributed by atoms with Gasteiger partial charge in [-0.2, -0.15) is 5.10 Å². The number of aryl methyl sites for hydroxylation is 2. The lowest BCUT2D eigenvalue weighted by Gasteiger charge is -2.14. The van der Waals surface area contributed by atoms with E-state index < -0.39 is 0 Å². The molecule has 2 rings (SSSR count). The Bertz CT molecular complexity index is 756. The molecule has 0 aliphatic rings. The summed E-state index contributed by atoms with van der Waals surface area (Å²) in [5.74, 6) is 0.891. The van der Waals surface area contributed by atoms with E-state index in [1.54, 1.807) is 23.9 Å². The number of rotatable bonds is 6. The van der Waals surface area contributed by atoms with Gasteiger partial charge in [0.05, 0.1) is 35.3 Å². The molecule has 1 N–H and O–H groups in total. The summed E-state index contributed by atoms with van der Waals surface area (Å²) in [7, 11) is 3.40. The summed E-state index contributed by atoms with van der Waals surface area (Å²) in [6, 6.07) is 3.40. The van der Waals surface area contributed by atoms with E-state index in [1.165, 1.54) is 0 Å². The Morgan fingerprint density at radius 2 is 2.08 bits per heavy atom. The smallest absolute Gasteiger partial charge is 0.255 e. The first-order chi connectivity index (χ1) is 11.4. The first-order valence-electron chi connectivity index (χ1n) is 7.70. The number of halogens is 1. The van der Waals surface area contributed by atoms with Crippen molar-refractivity contribution in [2.45, 2.75) is 27.2 Å². The number of hydrogen-bond donors (Lipinski definition) is 1. The maximum absolute atomic E-state index is 12.6. The van der Waals surface area contributed by atoms with Crippen LogP contribution in [0, 0.1) is 13.8 Å². The number of carbonyl (C=O) groups is 1. The predicted molar refractivity (Wildman–Crippen MR) is 97.1 cm³/mol. The fourth-order valence-corrected chi connectivity index (χ4v) is 2.89. The number of anilines is 1. The van der Waals surface area contributed by atoms with Gasteiger partial charge in [-0.1, -0.05) is 6.92 Å². The van der Waals surface area contributed by atoms with Crippen molar-refractivity contribution in [2.24, 2.45) is 7.05 Å². The van der Waals surface area contributed by atoms with Gasteiger partial charge in [-0.05, 0) is 48.3 Å². The van der Waals surface area contributed by atoms with Gasteiger partial charge < -0.3 is 14.8 Å². The molecule has 0 unspecified atom stereocenters. The largest absolute Gasteiger partial charge is 0.493 e. The summed E-state index contributed by atoms with van der Waals surface area (Å²) in [6.45, 7) is 6.38. The Balaban J connectivity index is 2.31. The first kappa shape index (κ1) is 18.3. The molecule has 130 valence electrons. The lowest BCUT2D eigenvalue weighted by molar-refractivity contribution is 0.102.